The molecule has 2 N–H and O–H groups in total. The average Bonchev–Trinajstić information content (AvgIpc) is 3.29. The minimum absolute atomic E-state index is 0.184. The Morgan fingerprint density at radius 3 is 2.82 bits per heavy atom. The van der Waals surface area contributed by atoms with Crippen molar-refractivity contribution in [3.05, 3.63) is 81.6 Å². The quantitative estimate of drug-likeness (QED) is 0.391. The molecule has 1 unspecified atom stereocenters. The van der Waals surface area contributed by atoms with Crippen molar-refractivity contribution in [1.82, 2.24) is 29.5 Å². The topological polar surface area (TPSA) is 101 Å². The highest BCUT2D eigenvalue weighted by atomic mass is 35.5. The summed E-state index contributed by atoms with van der Waals surface area (Å²) in [7, 11) is 0. The lowest BCUT2D eigenvalue weighted by atomic mass is 10.1. The van der Waals surface area contributed by atoms with E-state index in [-0.39, 0.29) is 10.9 Å². The number of nitrogens with one attached hydrogen (secondary N) is 2. The lowest BCUT2D eigenvalue weighted by molar-refractivity contribution is 0.628. The third-order valence-electron chi connectivity index (χ3n) is 5.52. The van der Waals surface area contributed by atoms with Crippen molar-refractivity contribution in [1.29, 1.82) is 0 Å². The predicted octanol–water partition coefficient (Wildman–Crippen LogP) is 4.72. The first-order valence-corrected chi connectivity index (χ1v) is 10.7. The molecular weight excluding hydrogens is 445 g/mol. The first kappa shape index (κ1) is 21.0. The van der Waals surface area contributed by atoms with Crippen LogP contribution >= 0.6 is 11.6 Å². The average molecular weight is 464 g/mol. The standard InChI is InChI=1S/C23H19ClFN7O/c1-3-17(30-21-19-20(27-10-26-19)28-11-29-21)22-31-18-7-5-13(25)8-15(18)23(33)32(22)14-6-4-12(2)16(24)9-14/h4-11,17H,3H2,1-2H3,(H2,26,27,28,29,30). The van der Waals surface area contributed by atoms with Gasteiger partial charge in [0.15, 0.2) is 11.5 Å². The Balaban J connectivity index is 1.74. The van der Waals surface area contributed by atoms with Crippen molar-refractivity contribution < 1.29 is 4.39 Å². The van der Waals surface area contributed by atoms with Gasteiger partial charge in [0.25, 0.3) is 5.56 Å². The second-order valence-electron chi connectivity index (χ2n) is 7.63. The number of aromatic amines is 1. The number of benzene rings is 2. The molecule has 8 nitrogen and oxygen atoms in total. The summed E-state index contributed by atoms with van der Waals surface area (Å²) in [5.41, 5.74) is 2.60. The van der Waals surface area contributed by atoms with Gasteiger partial charge in [0.05, 0.1) is 29.0 Å². The molecule has 10 heteroatoms. The number of aryl methyl sites for hydroxylation is 1. The molecule has 0 radical (unpaired) electrons. The number of hydrogen-bond donors (Lipinski definition) is 2. The highest BCUT2D eigenvalue weighted by Gasteiger charge is 2.22. The number of H-pyrrole nitrogens is 1. The van der Waals surface area contributed by atoms with Crippen LogP contribution in [0.2, 0.25) is 5.02 Å². The second-order valence-corrected chi connectivity index (χ2v) is 8.04. The molecule has 0 spiro atoms. The zero-order chi connectivity index (χ0) is 23.1. The van der Waals surface area contributed by atoms with Crippen LogP contribution in [0.5, 0.6) is 0 Å². The number of nitrogens with zero attached hydrogens (tertiary/aromatic N) is 5. The van der Waals surface area contributed by atoms with E-state index in [2.05, 4.69) is 25.3 Å². The summed E-state index contributed by atoms with van der Waals surface area (Å²) in [5, 5.41) is 4.06. The van der Waals surface area contributed by atoms with Crippen molar-refractivity contribution in [3.63, 3.8) is 0 Å². The fourth-order valence-corrected chi connectivity index (χ4v) is 3.94. The molecule has 0 aliphatic heterocycles. The second kappa shape index (κ2) is 8.25. The Kier molecular flexibility index (Phi) is 5.26. The first-order valence-electron chi connectivity index (χ1n) is 10.4. The number of hydrogen-bond acceptors (Lipinski definition) is 6. The highest BCUT2D eigenvalue weighted by molar-refractivity contribution is 6.31. The molecule has 5 rings (SSSR count). The van der Waals surface area contributed by atoms with Gasteiger partial charge in [-0.3, -0.25) is 9.36 Å². The fourth-order valence-electron chi connectivity index (χ4n) is 3.77. The minimum atomic E-state index is -0.504. The number of halogens is 2. The van der Waals surface area contributed by atoms with Gasteiger partial charge in [-0.2, -0.15) is 0 Å². The Morgan fingerprint density at radius 2 is 2.03 bits per heavy atom. The molecule has 3 heterocycles. The van der Waals surface area contributed by atoms with E-state index in [9.17, 15) is 9.18 Å². The van der Waals surface area contributed by atoms with Crippen LogP contribution in [-0.2, 0) is 0 Å². The zero-order valence-electron chi connectivity index (χ0n) is 17.8. The van der Waals surface area contributed by atoms with Crippen LogP contribution in [0.1, 0.15) is 30.8 Å². The van der Waals surface area contributed by atoms with Gasteiger partial charge < -0.3 is 10.3 Å². The maximum absolute atomic E-state index is 14.0. The van der Waals surface area contributed by atoms with Crippen LogP contribution in [0, 0.1) is 12.7 Å². The lowest BCUT2D eigenvalue weighted by Gasteiger charge is -2.22. The molecule has 3 aromatic heterocycles. The number of rotatable bonds is 5. The van der Waals surface area contributed by atoms with E-state index >= 15 is 0 Å². The van der Waals surface area contributed by atoms with Gasteiger partial charge in [-0.1, -0.05) is 24.6 Å². The van der Waals surface area contributed by atoms with Crippen molar-refractivity contribution >= 4 is 39.5 Å². The van der Waals surface area contributed by atoms with E-state index in [0.717, 1.165) is 5.56 Å². The Hall–Kier alpha value is -3.85. The number of fused-ring (bicyclic) bond motifs is 2. The lowest BCUT2D eigenvalue weighted by Crippen LogP contribution is -2.28. The predicted molar refractivity (Wildman–Crippen MR) is 125 cm³/mol. The minimum Gasteiger partial charge on any atom is -0.358 e. The van der Waals surface area contributed by atoms with Gasteiger partial charge in [0.2, 0.25) is 0 Å². The third-order valence-corrected chi connectivity index (χ3v) is 5.93. The maximum Gasteiger partial charge on any atom is 0.266 e. The molecule has 0 bridgehead atoms. The third kappa shape index (κ3) is 3.70. The molecular formula is C23H19ClFN7O. The summed E-state index contributed by atoms with van der Waals surface area (Å²) in [4.78, 5) is 34.0. The van der Waals surface area contributed by atoms with Crippen molar-refractivity contribution in [3.8, 4) is 5.69 Å². The first-order chi connectivity index (χ1) is 16.0. The van der Waals surface area contributed by atoms with Gasteiger partial charge >= 0.3 is 0 Å². The Bertz CT molecular complexity index is 1560. The molecule has 33 heavy (non-hydrogen) atoms. The molecule has 5 aromatic rings. The van der Waals surface area contributed by atoms with Crippen molar-refractivity contribution in [2.24, 2.45) is 0 Å². The normalized spacial score (nSPS) is 12.4. The molecule has 0 aliphatic carbocycles. The number of aromatic nitrogens is 6. The Labute approximate surface area is 192 Å². The van der Waals surface area contributed by atoms with E-state index in [0.29, 0.717) is 45.5 Å². The summed E-state index contributed by atoms with van der Waals surface area (Å²) in [6.07, 6.45) is 3.54. The molecule has 0 aliphatic rings. The smallest absolute Gasteiger partial charge is 0.266 e. The van der Waals surface area contributed by atoms with Crippen LogP contribution in [0.3, 0.4) is 0 Å². The highest BCUT2D eigenvalue weighted by Crippen LogP contribution is 2.27. The van der Waals surface area contributed by atoms with E-state index in [1.54, 1.807) is 18.5 Å². The molecule has 2 aromatic carbocycles. The van der Waals surface area contributed by atoms with E-state index in [1.165, 1.54) is 29.1 Å². The van der Waals surface area contributed by atoms with Gasteiger partial charge in [-0.15, -0.1) is 0 Å². The van der Waals surface area contributed by atoms with Crippen LogP contribution in [0.4, 0.5) is 10.2 Å². The molecule has 0 saturated heterocycles. The molecule has 0 saturated carbocycles. The molecule has 1 atom stereocenters. The van der Waals surface area contributed by atoms with Gasteiger partial charge in [0, 0.05) is 5.02 Å². The van der Waals surface area contributed by atoms with Crippen molar-refractivity contribution in [2.75, 3.05) is 5.32 Å². The number of imidazole rings is 1. The summed E-state index contributed by atoms with van der Waals surface area (Å²) in [6.45, 7) is 3.85. The largest absolute Gasteiger partial charge is 0.358 e. The molecule has 166 valence electrons. The monoisotopic (exact) mass is 463 g/mol. The summed E-state index contributed by atoms with van der Waals surface area (Å²) in [6, 6.07) is 8.92. The van der Waals surface area contributed by atoms with E-state index < -0.39 is 11.9 Å². The maximum atomic E-state index is 14.0. The van der Waals surface area contributed by atoms with Crippen molar-refractivity contribution in [2.45, 2.75) is 26.3 Å². The Morgan fingerprint density at radius 1 is 1.18 bits per heavy atom. The number of anilines is 1. The van der Waals surface area contributed by atoms with Crippen LogP contribution in [0.15, 0.2) is 53.8 Å². The van der Waals surface area contributed by atoms with E-state index in [1.807, 2.05) is 19.9 Å². The van der Waals surface area contributed by atoms with E-state index in [4.69, 9.17) is 16.6 Å². The van der Waals surface area contributed by atoms with Crippen LogP contribution in [0.25, 0.3) is 27.8 Å². The SMILES string of the molecule is CCC(Nc1ncnc2nc[nH]c12)c1nc2ccc(F)cc2c(=O)n1-c1ccc(C)c(Cl)c1. The summed E-state index contributed by atoms with van der Waals surface area (Å²) < 4.78 is 15.4. The zero-order valence-corrected chi connectivity index (χ0v) is 18.6. The van der Waals surface area contributed by atoms with Crippen LogP contribution in [-0.4, -0.2) is 29.5 Å². The summed E-state index contributed by atoms with van der Waals surface area (Å²) >= 11 is 6.37. The van der Waals surface area contributed by atoms with Gasteiger partial charge in [-0.25, -0.2) is 24.3 Å². The van der Waals surface area contributed by atoms with Gasteiger partial charge in [-0.05, 0) is 49.2 Å². The van der Waals surface area contributed by atoms with Crippen LogP contribution < -0.4 is 10.9 Å². The fraction of sp³-hybridized carbons (Fsp3) is 0.174. The molecule has 0 amide bonds. The summed E-state index contributed by atoms with van der Waals surface area (Å²) in [5.74, 6) is 0.481. The van der Waals surface area contributed by atoms with Gasteiger partial charge in [0.1, 0.15) is 23.5 Å². The molecule has 0 fully saturated rings.